The molecule has 0 aliphatic heterocycles. The van der Waals surface area contributed by atoms with Crippen LogP contribution in [0.5, 0.6) is 0 Å². The molecule has 2 nitrogen and oxygen atoms in total. The molecule has 0 N–H and O–H groups in total. The third kappa shape index (κ3) is 1.36. The summed E-state index contributed by atoms with van der Waals surface area (Å²) in [5.41, 5.74) is 1.10. The first-order chi connectivity index (χ1) is 6.42. The second-order valence-electron chi connectivity index (χ2n) is 2.85. The van der Waals surface area contributed by atoms with Gasteiger partial charge in [-0.05, 0) is 12.1 Å². The van der Waals surface area contributed by atoms with Gasteiger partial charge in [-0.1, -0.05) is 12.1 Å². The predicted molar refractivity (Wildman–Crippen MR) is 49.8 cm³/mol. The van der Waals surface area contributed by atoms with Gasteiger partial charge in [-0.3, -0.25) is 0 Å². The summed E-state index contributed by atoms with van der Waals surface area (Å²) in [4.78, 5) is 0. The van der Waals surface area contributed by atoms with Gasteiger partial charge in [0.15, 0.2) is 6.20 Å². The third-order valence-electron chi connectivity index (χ3n) is 2.03. The largest absolute Gasteiger partial charge is 0.234 e. The first-order valence-electron chi connectivity index (χ1n) is 4.16. The lowest BCUT2D eigenvalue weighted by atomic mass is 10.2. The molecule has 0 spiro atoms. The van der Waals surface area contributed by atoms with Crippen LogP contribution in [0.25, 0.3) is 10.9 Å². The number of nitrogens with zero attached hydrogens (tertiary/aromatic N) is 2. The maximum absolute atomic E-state index is 8.61. The molecular weight excluding hydrogens is 160 g/mol. The van der Waals surface area contributed by atoms with Crippen molar-refractivity contribution in [3.8, 4) is 6.07 Å². The molecule has 0 unspecified atom stereocenters. The highest BCUT2D eigenvalue weighted by Crippen LogP contribution is 2.07. The zero-order valence-electron chi connectivity index (χ0n) is 7.14. The standard InChI is InChI=1S/C11H9N2/c12-7-9-13-8-3-5-10-4-1-2-6-11(10)13/h1-6,8H,9H2/q+1. The topological polar surface area (TPSA) is 27.7 Å². The number of hydrogen-bond acceptors (Lipinski definition) is 1. The van der Waals surface area contributed by atoms with Crippen molar-refractivity contribution in [3.05, 3.63) is 42.6 Å². The molecule has 2 heteroatoms. The van der Waals surface area contributed by atoms with E-state index >= 15 is 0 Å². The normalized spacial score (nSPS) is 9.77. The van der Waals surface area contributed by atoms with Crippen molar-refractivity contribution >= 4 is 10.9 Å². The van der Waals surface area contributed by atoms with E-state index in [9.17, 15) is 0 Å². The van der Waals surface area contributed by atoms with Gasteiger partial charge in [-0.25, -0.2) is 0 Å². The number of fused-ring (bicyclic) bond motifs is 1. The Balaban J connectivity index is 2.70. The Bertz CT molecular complexity index is 463. The van der Waals surface area contributed by atoms with E-state index in [2.05, 4.69) is 6.07 Å². The highest BCUT2D eigenvalue weighted by atomic mass is 14.9. The fraction of sp³-hybridized carbons (Fsp3) is 0.0909. The second kappa shape index (κ2) is 3.24. The van der Waals surface area contributed by atoms with Gasteiger partial charge < -0.3 is 0 Å². The molecular formula is C11H9N2+. The van der Waals surface area contributed by atoms with Crippen LogP contribution in [0.1, 0.15) is 0 Å². The fourth-order valence-electron chi connectivity index (χ4n) is 1.43. The van der Waals surface area contributed by atoms with Gasteiger partial charge in [-0.15, -0.1) is 0 Å². The molecule has 0 atom stereocenters. The van der Waals surface area contributed by atoms with Crippen molar-refractivity contribution in [1.82, 2.24) is 0 Å². The first kappa shape index (κ1) is 7.75. The lowest BCUT2D eigenvalue weighted by molar-refractivity contribution is -0.659. The molecule has 0 saturated carbocycles. The van der Waals surface area contributed by atoms with Crippen molar-refractivity contribution < 1.29 is 4.57 Å². The Morgan fingerprint density at radius 3 is 2.77 bits per heavy atom. The molecule has 2 aromatic rings. The van der Waals surface area contributed by atoms with E-state index in [0.29, 0.717) is 6.54 Å². The zero-order chi connectivity index (χ0) is 9.10. The van der Waals surface area contributed by atoms with Gasteiger partial charge in [0.25, 0.3) is 0 Å². The Hall–Kier alpha value is -1.88. The summed E-state index contributed by atoms with van der Waals surface area (Å²) in [5.74, 6) is 0. The molecule has 1 aromatic carbocycles. The average molecular weight is 169 g/mol. The van der Waals surface area contributed by atoms with Gasteiger partial charge in [0.2, 0.25) is 12.1 Å². The SMILES string of the molecule is N#CC[n+]1cccc2ccccc21. The smallest absolute Gasteiger partial charge is 0.191 e. The van der Waals surface area contributed by atoms with E-state index in [-0.39, 0.29) is 0 Å². The van der Waals surface area contributed by atoms with Crippen LogP contribution in [-0.2, 0) is 6.54 Å². The van der Waals surface area contributed by atoms with Gasteiger partial charge in [0, 0.05) is 17.5 Å². The molecule has 0 amide bonds. The summed E-state index contributed by atoms with van der Waals surface area (Å²) in [6.45, 7) is 0.404. The maximum Gasteiger partial charge on any atom is 0.234 e. The number of hydrogen-bond donors (Lipinski definition) is 0. The first-order valence-corrected chi connectivity index (χ1v) is 4.16. The van der Waals surface area contributed by atoms with Crippen molar-refractivity contribution in [2.75, 3.05) is 0 Å². The second-order valence-corrected chi connectivity index (χ2v) is 2.85. The van der Waals surface area contributed by atoms with Gasteiger partial charge in [0.05, 0.1) is 0 Å². The summed E-state index contributed by atoms with van der Waals surface area (Å²) in [7, 11) is 0. The van der Waals surface area contributed by atoms with E-state index in [0.717, 1.165) is 5.52 Å². The Kier molecular flexibility index (Phi) is 1.93. The van der Waals surface area contributed by atoms with Crippen molar-refractivity contribution in [1.29, 1.82) is 5.26 Å². The average Bonchev–Trinajstić information content (AvgIpc) is 2.19. The van der Waals surface area contributed by atoms with E-state index in [1.807, 2.05) is 47.2 Å². The minimum Gasteiger partial charge on any atom is -0.191 e. The van der Waals surface area contributed by atoms with Crippen LogP contribution in [0, 0.1) is 11.3 Å². The fourth-order valence-corrected chi connectivity index (χ4v) is 1.43. The quantitative estimate of drug-likeness (QED) is 0.596. The molecule has 2 rings (SSSR count). The minimum atomic E-state index is 0.404. The number of aromatic nitrogens is 1. The number of rotatable bonds is 1. The molecule has 13 heavy (non-hydrogen) atoms. The van der Waals surface area contributed by atoms with Crippen LogP contribution in [0.4, 0.5) is 0 Å². The van der Waals surface area contributed by atoms with E-state index < -0.39 is 0 Å². The molecule has 0 aliphatic rings. The van der Waals surface area contributed by atoms with E-state index in [1.165, 1.54) is 5.39 Å². The van der Waals surface area contributed by atoms with Gasteiger partial charge >= 0.3 is 0 Å². The molecule has 62 valence electrons. The predicted octanol–water partition coefficient (Wildman–Crippen LogP) is 1.65. The van der Waals surface area contributed by atoms with E-state index in [4.69, 9.17) is 5.26 Å². The molecule has 0 saturated heterocycles. The summed E-state index contributed by atoms with van der Waals surface area (Å²) in [5, 5.41) is 9.78. The Morgan fingerprint density at radius 1 is 1.15 bits per heavy atom. The molecule has 0 bridgehead atoms. The highest BCUT2D eigenvalue weighted by Gasteiger charge is 2.04. The lowest BCUT2D eigenvalue weighted by Crippen LogP contribution is -2.33. The van der Waals surface area contributed by atoms with Gasteiger partial charge in [0.1, 0.15) is 6.07 Å². The van der Waals surface area contributed by atoms with Crippen LogP contribution >= 0.6 is 0 Å². The number of benzene rings is 1. The monoisotopic (exact) mass is 169 g/mol. The summed E-state index contributed by atoms with van der Waals surface area (Å²) in [6.07, 6.45) is 1.92. The summed E-state index contributed by atoms with van der Waals surface area (Å²) < 4.78 is 1.94. The molecule has 0 fully saturated rings. The third-order valence-corrected chi connectivity index (χ3v) is 2.03. The maximum atomic E-state index is 8.61. The van der Waals surface area contributed by atoms with Crippen LogP contribution in [-0.4, -0.2) is 0 Å². The number of pyridine rings is 1. The highest BCUT2D eigenvalue weighted by molar-refractivity contribution is 5.74. The van der Waals surface area contributed by atoms with Crippen LogP contribution in [0.3, 0.4) is 0 Å². The van der Waals surface area contributed by atoms with Crippen LogP contribution in [0.15, 0.2) is 42.6 Å². The number of nitriles is 1. The van der Waals surface area contributed by atoms with Gasteiger partial charge in [-0.2, -0.15) is 9.83 Å². The lowest BCUT2D eigenvalue weighted by Gasteiger charge is -1.95. The Morgan fingerprint density at radius 2 is 1.92 bits per heavy atom. The van der Waals surface area contributed by atoms with Crippen molar-refractivity contribution in [2.24, 2.45) is 0 Å². The molecule has 0 aliphatic carbocycles. The Labute approximate surface area is 76.7 Å². The van der Waals surface area contributed by atoms with Crippen molar-refractivity contribution in [3.63, 3.8) is 0 Å². The van der Waals surface area contributed by atoms with Crippen LogP contribution < -0.4 is 4.57 Å². The zero-order valence-corrected chi connectivity index (χ0v) is 7.14. The van der Waals surface area contributed by atoms with Crippen LogP contribution in [0.2, 0.25) is 0 Å². The molecule has 1 aromatic heterocycles. The minimum absolute atomic E-state index is 0.404. The molecule has 0 radical (unpaired) electrons. The molecule has 1 heterocycles. The number of para-hydroxylation sites is 1. The van der Waals surface area contributed by atoms with E-state index in [1.54, 1.807) is 0 Å². The summed E-state index contributed by atoms with van der Waals surface area (Å²) >= 11 is 0. The van der Waals surface area contributed by atoms with Crippen molar-refractivity contribution in [2.45, 2.75) is 6.54 Å². The summed E-state index contributed by atoms with van der Waals surface area (Å²) in [6, 6.07) is 14.2.